The number of carbonyl (C=O) groups excluding carboxylic acids is 4. The van der Waals surface area contributed by atoms with Gasteiger partial charge in [-0.05, 0) is 0 Å². The Hall–Kier alpha value is -3.93. The molecule has 1 fully saturated rings. The molecule has 2 aromatic carbocycles. The Morgan fingerprint density at radius 1 is 0.929 bits per heavy atom. The van der Waals surface area contributed by atoms with Gasteiger partial charge in [-0.25, -0.2) is 0 Å². The van der Waals surface area contributed by atoms with Crippen LogP contribution in [0.1, 0.15) is 57.4 Å². The van der Waals surface area contributed by atoms with Gasteiger partial charge in [0.05, 0.1) is 0 Å². The molecular weight excluding hydrogens is 539 g/mol. The number of hydrogen-bond donors (Lipinski definition) is 5. The van der Waals surface area contributed by atoms with Gasteiger partial charge in [0.15, 0.2) is 0 Å². The summed E-state index contributed by atoms with van der Waals surface area (Å²) in [6.45, 7) is 1.05. The standard InChI is InChI=1S/C30H39BN4O7/c1-2-9-23(27(38)30(41)32-17-25(36)37)34-28(39)24(16-21-14-8-13-19-10-6-7-15-22(19)21)35-29(40)26(33-18-31-42)20-11-4-3-5-12-20/h6-8,10,13-15,20,23-24,26,33H,2-5,9,11-12,16-18H2,1H3,(H,32,41)(H,34,39)(H,35,40)(H,36,37)/t23?,24-,26-/m0/s1. The van der Waals surface area contributed by atoms with Crippen molar-refractivity contribution in [1.82, 2.24) is 21.3 Å². The Bertz CT molecular complexity index is 1280. The summed E-state index contributed by atoms with van der Waals surface area (Å²) in [4.78, 5) is 63.4. The SMILES string of the molecule is CCCC(NC(=O)[C@H](Cc1cccc2ccccc12)NC(=O)[C@@H](NCB=O)C1CCCCC1)C(=O)C(=O)NCC(=O)O. The zero-order valence-electron chi connectivity index (χ0n) is 23.9. The van der Waals surface area contributed by atoms with Crippen LogP contribution in [0, 0.1) is 5.92 Å². The van der Waals surface area contributed by atoms with Crippen molar-refractivity contribution in [2.24, 2.45) is 5.92 Å². The van der Waals surface area contributed by atoms with Crippen LogP contribution in [0.4, 0.5) is 0 Å². The Labute approximate surface area is 245 Å². The predicted molar refractivity (Wildman–Crippen MR) is 157 cm³/mol. The van der Waals surface area contributed by atoms with E-state index in [1.807, 2.05) is 47.8 Å². The average molecular weight is 578 g/mol. The molecule has 0 saturated heterocycles. The quantitative estimate of drug-likeness (QED) is 0.147. The summed E-state index contributed by atoms with van der Waals surface area (Å²) in [6, 6.07) is 10.4. The number of carboxylic acid groups (broad SMARTS) is 1. The fraction of sp³-hybridized carbons (Fsp3) is 0.500. The number of Topliss-reactive ketones (excluding diaryl/α,β-unsaturated/α-hetero) is 1. The third-order valence-corrected chi connectivity index (χ3v) is 7.60. The number of fused-ring (bicyclic) bond motifs is 1. The van der Waals surface area contributed by atoms with Crippen molar-refractivity contribution in [3.05, 3.63) is 48.0 Å². The van der Waals surface area contributed by atoms with Crippen LogP contribution in [0.2, 0.25) is 0 Å². The van der Waals surface area contributed by atoms with Crippen LogP contribution in [0.25, 0.3) is 10.8 Å². The molecule has 1 saturated carbocycles. The van der Waals surface area contributed by atoms with Gasteiger partial charge in [0, 0.05) is 0 Å². The first-order chi connectivity index (χ1) is 20.2. The first kappa shape index (κ1) is 32.6. The number of carbonyl (C=O) groups is 5. The van der Waals surface area contributed by atoms with Crippen molar-refractivity contribution in [2.45, 2.75) is 76.4 Å². The van der Waals surface area contributed by atoms with E-state index in [0.717, 1.165) is 48.4 Å². The maximum atomic E-state index is 13.7. The first-order valence-corrected chi connectivity index (χ1v) is 14.5. The molecule has 3 rings (SSSR count). The minimum atomic E-state index is -1.30. The molecule has 1 unspecified atom stereocenters. The number of ketones is 1. The molecule has 0 radical (unpaired) electrons. The van der Waals surface area contributed by atoms with Crippen molar-refractivity contribution in [2.75, 3.05) is 13.0 Å². The monoisotopic (exact) mass is 578 g/mol. The molecule has 1 aliphatic rings. The molecule has 0 bridgehead atoms. The summed E-state index contributed by atoms with van der Waals surface area (Å²) < 4.78 is 11.1. The summed E-state index contributed by atoms with van der Waals surface area (Å²) in [5, 5.41) is 21.3. The summed E-state index contributed by atoms with van der Waals surface area (Å²) in [5.41, 5.74) is 0.807. The summed E-state index contributed by atoms with van der Waals surface area (Å²) in [7, 11) is 0.694. The number of aliphatic carboxylic acids is 1. The van der Waals surface area contributed by atoms with Gasteiger partial charge in [0.25, 0.3) is 0 Å². The van der Waals surface area contributed by atoms with Gasteiger partial charge >= 0.3 is 229 Å². The fourth-order valence-electron chi connectivity index (χ4n) is 5.51. The van der Waals surface area contributed by atoms with Crippen LogP contribution in [0.15, 0.2) is 42.5 Å². The molecule has 3 atom stereocenters. The van der Waals surface area contributed by atoms with E-state index in [9.17, 15) is 28.7 Å². The third kappa shape index (κ3) is 9.30. The molecule has 1 aliphatic carbocycles. The third-order valence-electron chi connectivity index (χ3n) is 7.60. The Morgan fingerprint density at radius 2 is 1.62 bits per heavy atom. The van der Waals surface area contributed by atoms with E-state index >= 15 is 0 Å². The van der Waals surface area contributed by atoms with Crippen molar-refractivity contribution >= 4 is 47.4 Å². The normalized spacial score (nSPS) is 15.5. The fourth-order valence-corrected chi connectivity index (χ4v) is 5.51. The van der Waals surface area contributed by atoms with Gasteiger partial charge in [-0.3, -0.25) is 4.79 Å². The van der Waals surface area contributed by atoms with Crippen LogP contribution >= 0.6 is 0 Å². The molecule has 12 heteroatoms. The molecule has 0 spiro atoms. The molecule has 0 heterocycles. The molecule has 5 N–H and O–H groups in total. The van der Waals surface area contributed by atoms with Gasteiger partial charge in [-0.1, -0.05) is 0 Å². The molecule has 0 aromatic heterocycles. The second-order valence-corrected chi connectivity index (χ2v) is 10.6. The minimum absolute atomic E-state index is 0.00664. The van der Waals surface area contributed by atoms with Crippen LogP contribution in [-0.2, 0) is 35.1 Å². The van der Waals surface area contributed by atoms with Crippen LogP contribution in [-0.4, -0.2) is 72.8 Å². The van der Waals surface area contributed by atoms with Gasteiger partial charge in [-0.15, -0.1) is 0 Å². The van der Waals surface area contributed by atoms with Gasteiger partial charge in [-0.2, -0.15) is 0 Å². The van der Waals surface area contributed by atoms with Gasteiger partial charge in [0.2, 0.25) is 0 Å². The van der Waals surface area contributed by atoms with Crippen LogP contribution < -0.4 is 21.3 Å². The summed E-state index contributed by atoms with van der Waals surface area (Å²) in [6.07, 6.45) is 5.39. The number of rotatable bonds is 16. The van der Waals surface area contributed by atoms with Crippen molar-refractivity contribution in [1.29, 1.82) is 0 Å². The second kappa shape index (κ2) is 16.5. The number of nitrogens with one attached hydrogen (secondary N) is 4. The molecule has 224 valence electrons. The second-order valence-electron chi connectivity index (χ2n) is 10.6. The molecule has 3 amide bonds. The molecule has 11 nitrogen and oxygen atoms in total. The van der Waals surface area contributed by atoms with Crippen molar-refractivity contribution < 1.29 is 33.8 Å². The summed E-state index contributed by atoms with van der Waals surface area (Å²) >= 11 is 0. The number of benzene rings is 2. The Kier molecular flexibility index (Phi) is 12.8. The zero-order chi connectivity index (χ0) is 30.5. The molecular formula is C30H39BN4O7. The molecule has 2 aromatic rings. The minimum Gasteiger partial charge on any atom is -0.480 e. The zero-order valence-corrected chi connectivity index (χ0v) is 23.9. The average Bonchev–Trinajstić information content (AvgIpc) is 2.99. The number of amides is 3. The Balaban J connectivity index is 1.88. The van der Waals surface area contributed by atoms with E-state index in [4.69, 9.17) is 5.11 Å². The van der Waals surface area contributed by atoms with Gasteiger partial charge in [0.1, 0.15) is 6.54 Å². The van der Waals surface area contributed by atoms with E-state index in [1.165, 1.54) is 0 Å². The summed E-state index contributed by atoms with van der Waals surface area (Å²) in [5.74, 6) is -4.43. The van der Waals surface area contributed by atoms with E-state index in [2.05, 4.69) is 16.0 Å². The smallest absolute Gasteiger partial charge is 0.480 e. The molecule has 42 heavy (non-hydrogen) atoms. The van der Waals surface area contributed by atoms with Crippen LogP contribution in [0.5, 0.6) is 0 Å². The number of hydrogen-bond acceptors (Lipinski definition) is 7. The topological polar surface area (TPSA) is 171 Å². The van der Waals surface area contributed by atoms with Gasteiger partial charge < -0.3 is 5.11 Å². The van der Waals surface area contributed by atoms with Crippen molar-refractivity contribution in [3.8, 4) is 0 Å². The van der Waals surface area contributed by atoms with Crippen molar-refractivity contribution in [3.63, 3.8) is 0 Å². The van der Waals surface area contributed by atoms with Crippen LogP contribution in [0.3, 0.4) is 0 Å². The predicted octanol–water partition coefficient (Wildman–Crippen LogP) is 1.47. The Morgan fingerprint density at radius 3 is 2.31 bits per heavy atom. The molecule has 0 aliphatic heterocycles. The van der Waals surface area contributed by atoms with E-state index < -0.39 is 54.1 Å². The van der Waals surface area contributed by atoms with E-state index in [-0.39, 0.29) is 25.2 Å². The number of carboxylic acids is 1. The van der Waals surface area contributed by atoms with E-state index in [0.29, 0.717) is 13.6 Å². The first-order valence-electron chi connectivity index (χ1n) is 14.5. The van der Waals surface area contributed by atoms with E-state index in [1.54, 1.807) is 6.92 Å². The maximum absolute atomic E-state index is 13.7.